The molecule has 0 amide bonds. The van der Waals surface area contributed by atoms with Gasteiger partial charge in [0.2, 0.25) is 0 Å². The van der Waals surface area contributed by atoms with Crippen molar-refractivity contribution in [1.29, 1.82) is 0 Å². The summed E-state index contributed by atoms with van der Waals surface area (Å²) in [6.45, 7) is 2.72. The van der Waals surface area contributed by atoms with Gasteiger partial charge in [0.05, 0.1) is 11.0 Å². The van der Waals surface area contributed by atoms with Crippen molar-refractivity contribution in [2.75, 3.05) is 11.9 Å². The van der Waals surface area contributed by atoms with Crippen LogP contribution in [0.5, 0.6) is 0 Å². The molecule has 0 radical (unpaired) electrons. The number of anilines is 1. The van der Waals surface area contributed by atoms with E-state index in [1.165, 1.54) is 12.8 Å². The second kappa shape index (κ2) is 5.40. The molecule has 1 aliphatic heterocycles. The number of hydrogen-bond donors (Lipinski definition) is 1. The number of nitrogens with one attached hydrogen (secondary N) is 1. The largest absolute Gasteiger partial charge is 0.382 e. The fourth-order valence-corrected chi connectivity index (χ4v) is 2.90. The Bertz CT molecular complexity index is 514. The number of aryl methyl sites for hydroxylation is 1. The number of ether oxygens (including phenoxy) is 1. The van der Waals surface area contributed by atoms with Gasteiger partial charge in [0.1, 0.15) is 0 Å². The van der Waals surface area contributed by atoms with Crippen molar-refractivity contribution in [3.63, 3.8) is 0 Å². The summed E-state index contributed by atoms with van der Waals surface area (Å²) in [5.41, 5.74) is 2.07. The Balaban J connectivity index is 1.66. The minimum atomic E-state index is -0.353. The quantitative estimate of drug-likeness (QED) is 0.677. The number of nitro benzene ring substituents is 1. The van der Waals surface area contributed by atoms with Crippen LogP contribution in [0.25, 0.3) is 0 Å². The molecule has 1 aliphatic carbocycles. The third kappa shape index (κ3) is 2.93. The van der Waals surface area contributed by atoms with E-state index in [-0.39, 0.29) is 10.6 Å². The fourth-order valence-electron chi connectivity index (χ4n) is 2.90. The second-order valence-corrected chi connectivity index (χ2v) is 5.87. The lowest BCUT2D eigenvalue weighted by Gasteiger charge is -2.31. The molecule has 1 aromatic carbocycles. The Hall–Kier alpha value is -1.62. The van der Waals surface area contributed by atoms with E-state index in [0.29, 0.717) is 12.1 Å². The molecule has 0 bridgehead atoms. The zero-order valence-electron chi connectivity index (χ0n) is 11.7. The molecule has 2 aliphatic rings. The average molecular weight is 276 g/mol. The molecular weight excluding hydrogens is 256 g/mol. The van der Waals surface area contributed by atoms with Crippen LogP contribution in [0, 0.1) is 23.0 Å². The highest BCUT2D eigenvalue weighted by Gasteiger charge is 2.35. The van der Waals surface area contributed by atoms with Crippen LogP contribution < -0.4 is 5.32 Å². The molecule has 0 aromatic heterocycles. The van der Waals surface area contributed by atoms with Gasteiger partial charge >= 0.3 is 0 Å². The number of rotatable bonds is 4. The Labute approximate surface area is 118 Å². The van der Waals surface area contributed by atoms with Crippen molar-refractivity contribution in [2.45, 2.75) is 44.8 Å². The lowest BCUT2D eigenvalue weighted by molar-refractivity contribution is -0.384. The van der Waals surface area contributed by atoms with Crippen LogP contribution in [0.1, 0.15) is 31.2 Å². The van der Waals surface area contributed by atoms with Crippen molar-refractivity contribution >= 4 is 11.4 Å². The zero-order valence-corrected chi connectivity index (χ0v) is 11.7. The maximum atomic E-state index is 10.7. The lowest BCUT2D eigenvalue weighted by Crippen LogP contribution is -2.35. The van der Waals surface area contributed by atoms with Crippen LogP contribution in [-0.2, 0) is 4.74 Å². The van der Waals surface area contributed by atoms with Crippen molar-refractivity contribution in [3.8, 4) is 0 Å². The maximum Gasteiger partial charge on any atom is 0.269 e. The van der Waals surface area contributed by atoms with E-state index in [1.807, 2.05) is 13.0 Å². The lowest BCUT2D eigenvalue weighted by atomic mass is 9.99. The summed E-state index contributed by atoms with van der Waals surface area (Å²) < 4.78 is 5.82. The van der Waals surface area contributed by atoms with Crippen LogP contribution in [0.15, 0.2) is 18.2 Å². The third-order valence-electron chi connectivity index (χ3n) is 4.24. The predicted octanol–water partition coefficient (Wildman–Crippen LogP) is 3.27. The molecule has 1 heterocycles. The summed E-state index contributed by atoms with van der Waals surface area (Å²) in [5, 5.41) is 14.3. The van der Waals surface area contributed by atoms with Crippen molar-refractivity contribution in [1.82, 2.24) is 0 Å². The van der Waals surface area contributed by atoms with E-state index in [0.717, 1.165) is 36.6 Å². The molecule has 5 heteroatoms. The Morgan fingerprint density at radius 2 is 2.15 bits per heavy atom. The second-order valence-electron chi connectivity index (χ2n) is 5.87. The highest BCUT2D eigenvalue weighted by Crippen LogP contribution is 2.38. The predicted molar refractivity (Wildman–Crippen MR) is 76.9 cm³/mol. The van der Waals surface area contributed by atoms with Gasteiger partial charge in [-0.2, -0.15) is 0 Å². The van der Waals surface area contributed by atoms with E-state index in [1.54, 1.807) is 12.1 Å². The molecule has 108 valence electrons. The van der Waals surface area contributed by atoms with Gasteiger partial charge in [0.25, 0.3) is 5.69 Å². The van der Waals surface area contributed by atoms with Gasteiger partial charge in [-0.25, -0.2) is 0 Å². The third-order valence-corrected chi connectivity index (χ3v) is 4.24. The van der Waals surface area contributed by atoms with Crippen LogP contribution in [-0.4, -0.2) is 23.7 Å². The molecule has 3 rings (SSSR count). The number of non-ortho nitro benzene ring substituents is 1. The SMILES string of the molecule is Cc1cc([N+](=O)[O-])ccc1NC1CCOC(C2CC2)C1. The molecule has 1 N–H and O–H groups in total. The van der Waals surface area contributed by atoms with Gasteiger partial charge in [0, 0.05) is 30.5 Å². The number of benzene rings is 1. The Morgan fingerprint density at radius 3 is 2.80 bits per heavy atom. The first-order valence-electron chi connectivity index (χ1n) is 7.26. The molecular formula is C15H20N2O3. The van der Waals surface area contributed by atoms with Gasteiger partial charge in [-0.15, -0.1) is 0 Å². The minimum Gasteiger partial charge on any atom is -0.382 e. The van der Waals surface area contributed by atoms with E-state index < -0.39 is 0 Å². The topological polar surface area (TPSA) is 64.4 Å². The highest BCUT2D eigenvalue weighted by molar-refractivity contribution is 5.55. The molecule has 1 saturated heterocycles. The van der Waals surface area contributed by atoms with E-state index in [4.69, 9.17) is 4.74 Å². The molecule has 1 saturated carbocycles. The fraction of sp³-hybridized carbons (Fsp3) is 0.600. The molecule has 2 fully saturated rings. The summed E-state index contributed by atoms with van der Waals surface area (Å²) >= 11 is 0. The first kappa shape index (κ1) is 13.4. The maximum absolute atomic E-state index is 10.7. The molecule has 0 spiro atoms. The van der Waals surface area contributed by atoms with E-state index >= 15 is 0 Å². The summed E-state index contributed by atoms with van der Waals surface area (Å²) in [4.78, 5) is 10.4. The number of nitrogens with zero attached hydrogens (tertiary/aromatic N) is 1. The monoisotopic (exact) mass is 276 g/mol. The van der Waals surface area contributed by atoms with Crippen LogP contribution in [0.3, 0.4) is 0 Å². The first-order chi connectivity index (χ1) is 9.63. The first-order valence-corrected chi connectivity index (χ1v) is 7.26. The molecule has 20 heavy (non-hydrogen) atoms. The number of nitro groups is 1. The van der Waals surface area contributed by atoms with Gasteiger partial charge < -0.3 is 10.1 Å². The molecule has 2 unspecified atom stereocenters. The van der Waals surface area contributed by atoms with Crippen LogP contribution in [0.2, 0.25) is 0 Å². The van der Waals surface area contributed by atoms with Gasteiger partial charge in [-0.3, -0.25) is 10.1 Å². The minimum absolute atomic E-state index is 0.149. The van der Waals surface area contributed by atoms with Crippen molar-refractivity contribution < 1.29 is 9.66 Å². The molecule has 5 nitrogen and oxygen atoms in total. The number of hydrogen-bond acceptors (Lipinski definition) is 4. The Kier molecular flexibility index (Phi) is 3.61. The summed E-state index contributed by atoms with van der Waals surface area (Å²) in [5.74, 6) is 0.762. The van der Waals surface area contributed by atoms with Gasteiger partial charge in [-0.05, 0) is 50.2 Å². The van der Waals surface area contributed by atoms with Crippen molar-refractivity contribution in [2.24, 2.45) is 5.92 Å². The average Bonchev–Trinajstić information content (AvgIpc) is 3.25. The van der Waals surface area contributed by atoms with Gasteiger partial charge in [-0.1, -0.05) is 0 Å². The van der Waals surface area contributed by atoms with Crippen LogP contribution >= 0.6 is 0 Å². The summed E-state index contributed by atoms with van der Waals surface area (Å²) in [6.07, 6.45) is 5.04. The van der Waals surface area contributed by atoms with E-state index in [9.17, 15) is 10.1 Å². The summed E-state index contributed by atoms with van der Waals surface area (Å²) in [6, 6.07) is 5.41. The molecule has 1 aromatic rings. The molecule has 2 atom stereocenters. The smallest absolute Gasteiger partial charge is 0.269 e. The van der Waals surface area contributed by atoms with Gasteiger partial charge in [0.15, 0.2) is 0 Å². The zero-order chi connectivity index (χ0) is 14.1. The van der Waals surface area contributed by atoms with Crippen LogP contribution in [0.4, 0.5) is 11.4 Å². The normalized spacial score (nSPS) is 26.2. The van der Waals surface area contributed by atoms with E-state index in [2.05, 4.69) is 5.32 Å². The summed E-state index contributed by atoms with van der Waals surface area (Å²) in [7, 11) is 0. The highest BCUT2D eigenvalue weighted by atomic mass is 16.6. The standard InChI is InChI=1S/C15H20N2O3/c1-10-8-13(17(18)19)4-5-14(10)16-12-6-7-20-15(9-12)11-2-3-11/h4-5,8,11-12,15-16H,2-3,6-7,9H2,1H3. The Morgan fingerprint density at radius 1 is 1.35 bits per heavy atom. The van der Waals surface area contributed by atoms with Crippen molar-refractivity contribution in [3.05, 3.63) is 33.9 Å².